The molecule has 1 fully saturated rings. The third-order valence-corrected chi connectivity index (χ3v) is 5.60. The molecule has 0 spiro atoms. The lowest BCUT2D eigenvalue weighted by atomic mass is 10.1. The molecule has 1 aliphatic heterocycles. The van der Waals surface area contributed by atoms with Crippen molar-refractivity contribution in [3.63, 3.8) is 0 Å². The van der Waals surface area contributed by atoms with Gasteiger partial charge in [-0.1, -0.05) is 29.8 Å². The van der Waals surface area contributed by atoms with E-state index in [2.05, 4.69) is 14.9 Å². The molecule has 3 aromatic heterocycles. The number of pyridine rings is 2. The summed E-state index contributed by atoms with van der Waals surface area (Å²) < 4.78 is 1.90. The number of halogens is 1. The molecule has 0 saturated carbocycles. The van der Waals surface area contributed by atoms with Crippen molar-refractivity contribution < 1.29 is 4.79 Å². The summed E-state index contributed by atoms with van der Waals surface area (Å²) in [6, 6.07) is 17.5. The molecule has 5 rings (SSSR count). The predicted molar refractivity (Wildman–Crippen MR) is 118 cm³/mol. The normalized spacial score (nSPS) is 14.3. The SMILES string of the molecule is O=C(c1cn2cc(-c3cccc(Cl)c3)ccc2n1)N1CCN(c2ccccn2)CC1. The maximum absolute atomic E-state index is 13.0. The molecule has 150 valence electrons. The van der Waals surface area contributed by atoms with Gasteiger partial charge in [-0.15, -0.1) is 0 Å². The number of rotatable bonds is 3. The number of piperazine rings is 1. The number of carbonyl (C=O) groups is 1. The fraction of sp³-hybridized carbons (Fsp3) is 0.174. The highest BCUT2D eigenvalue weighted by Crippen LogP contribution is 2.23. The number of benzene rings is 1. The van der Waals surface area contributed by atoms with E-state index in [-0.39, 0.29) is 5.91 Å². The molecular weight excluding hydrogens is 398 g/mol. The van der Waals surface area contributed by atoms with E-state index in [1.165, 1.54) is 0 Å². The first-order valence-electron chi connectivity index (χ1n) is 9.87. The second-order valence-corrected chi connectivity index (χ2v) is 7.72. The van der Waals surface area contributed by atoms with Crippen LogP contribution in [0.5, 0.6) is 0 Å². The molecular formula is C23H20ClN5O. The van der Waals surface area contributed by atoms with Crippen LogP contribution >= 0.6 is 11.6 Å². The first kappa shape index (κ1) is 18.6. The molecule has 0 aliphatic carbocycles. The minimum Gasteiger partial charge on any atom is -0.353 e. The van der Waals surface area contributed by atoms with Crippen LogP contribution in [0.25, 0.3) is 16.8 Å². The quantitative estimate of drug-likeness (QED) is 0.505. The number of aromatic nitrogens is 3. The largest absolute Gasteiger partial charge is 0.353 e. The van der Waals surface area contributed by atoms with Gasteiger partial charge in [0.15, 0.2) is 0 Å². The molecule has 0 atom stereocenters. The van der Waals surface area contributed by atoms with Crippen molar-refractivity contribution >= 4 is 29.0 Å². The Hall–Kier alpha value is -3.38. The molecule has 7 heteroatoms. The number of amides is 1. The van der Waals surface area contributed by atoms with Gasteiger partial charge in [0.05, 0.1) is 0 Å². The fourth-order valence-corrected chi connectivity index (χ4v) is 3.97. The van der Waals surface area contributed by atoms with Crippen LogP contribution in [0.15, 0.2) is 73.2 Å². The molecule has 1 aliphatic rings. The van der Waals surface area contributed by atoms with E-state index in [4.69, 9.17) is 11.6 Å². The Bertz CT molecular complexity index is 1200. The summed E-state index contributed by atoms with van der Waals surface area (Å²) in [7, 11) is 0. The van der Waals surface area contributed by atoms with Crippen molar-refractivity contribution in [2.75, 3.05) is 31.1 Å². The average Bonchev–Trinajstić information content (AvgIpc) is 3.23. The van der Waals surface area contributed by atoms with Gasteiger partial charge >= 0.3 is 0 Å². The van der Waals surface area contributed by atoms with Crippen LogP contribution in [-0.4, -0.2) is 51.4 Å². The smallest absolute Gasteiger partial charge is 0.274 e. The molecule has 6 nitrogen and oxygen atoms in total. The monoisotopic (exact) mass is 417 g/mol. The topological polar surface area (TPSA) is 53.7 Å². The number of hydrogen-bond donors (Lipinski definition) is 0. The molecule has 1 amide bonds. The standard InChI is InChI=1S/C23H20ClN5O/c24-19-5-3-4-17(14-19)18-7-8-22-26-20(16-29(22)15-18)23(30)28-12-10-27(11-13-28)21-6-1-2-9-25-21/h1-9,14-16H,10-13H2. The van der Waals surface area contributed by atoms with Crippen LogP contribution in [0.2, 0.25) is 5.02 Å². The third-order valence-electron chi connectivity index (χ3n) is 5.37. The number of nitrogens with zero attached hydrogens (tertiary/aromatic N) is 5. The van der Waals surface area contributed by atoms with Crippen LogP contribution in [0.4, 0.5) is 5.82 Å². The summed E-state index contributed by atoms with van der Waals surface area (Å²) in [5.41, 5.74) is 3.25. The molecule has 1 aromatic carbocycles. The molecule has 0 bridgehead atoms. The fourth-order valence-electron chi connectivity index (χ4n) is 3.78. The number of fused-ring (bicyclic) bond motifs is 1. The summed E-state index contributed by atoms with van der Waals surface area (Å²) in [6.07, 6.45) is 5.57. The van der Waals surface area contributed by atoms with Gasteiger partial charge in [-0.3, -0.25) is 4.79 Å². The van der Waals surface area contributed by atoms with Crippen LogP contribution < -0.4 is 4.90 Å². The summed E-state index contributed by atoms with van der Waals surface area (Å²) >= 11 is 6.12. The van der Waals surface area contributed by atoms with Gasteiger partial charge in [-0.2, -0.15) is 0 Å². The van der Waals surface area contributed by atoms with Crippen LogP contribution in [-0.2, 0) is 0 Å². The van der Waals surface area contributed by atoms with E-state index in [0.29, 0.717) is 23.8 Å². The van der Waals surface area contributed by atoms with Crippen molar-refractivity contribution in [1.82, 2.24) is 19.3 Å². The lowest BCUT2D eigenvalue weighted by molar-refractivity contribution is 0.0741. The van der Waals surface area contributed by atoms with Gasteiger partial charge in [-0.25, -0.2) is 9.97 Å². The Labute approximate surface area is 179 Å². The summed E-state index contributed by atoms with van der Waals surface area (Å²) in [6.45, 7) is 2.82. The number of anilines is 1. The van der Waals surface area contributed by atoms with Crippen molar-refractivity contribution in [2.24, 2.45) is 0 Å². The molecule has 0 radical (unpaired) electrons. The van der Waals surface area contributed by atoms with Crippen molar-refractivity contribution in [3.8, 4) is 11.1 Å². The molecule has 4 aromatic rings. The first-order valence-corrected chi connectivity index (χ1v) is 10.3. The summed E-state index contributed by atoms with van der Waals surface area (Å²) in [4.78, 5) is 26.0. The maximum atomic E-state index is 13.0. The van der Waals surface area contributed by atoms with Gasteiger partial charge in [-0.05, 0) is 47.5 Å². The van der Waals surface area contributed by atoms with Gasteiger partial charge < -0.3 is 14.2 Å². The first-order chi connectivity index (χ1) is 14.7. The Balaban J connectivity index is 1.33. The number of hydrogen-bond acceptors (Lipinski definition) is 4. The lowest BCUT2D eigenvalue weighted by Crippen LogP contribution is -2.49. The number of imidazole rings is 1. The molecule has 0 N–H and O–H groups in total. The second kappa shape index (κ2) is 7.80. The lowest BCUT2D eigenvalue weighted by Gasteiger charge is -2.35. The van der Waals surface area contributed by atoms with Gasteiger partial charge in [0.1, 0.15) is 17.2 Å². The van der Waals surface area contributed by atoms with Gasteiger partial charge in [0.2, 0.25) is 0 Å². The molecule has 1 saturated heterocycles. The van der Waals surface area contributed by atoms with E-state index in [1.54, 1.807) is 12.4 Å². The Morgan fingerprint density at radius 1 is 0.900 bits per heavy atom. The van der Waals surface area contributed by atoms with Gasteiger partial charge in [0.25, 0.3) is 5.91 Å². The molecule has 0 unspecified atom stereocenters. The highest BCUT2D eigenvalue weighted by atomic mass is 35.5. The molecule has 30 heavy (non-hydrogen) atoms. The Morgan fingerprint density at radius 3 is 2.53 bits per heavy atom. The van der Waals surface area contributed by atoms with E-state index in [9.17, 15) is 4.79 Å². The summed E-state index contributed by atoms with van der Waals surface area (Å²) in [5, 5.41) is 0.693. The maximum Gasteiger partial charge on any atom is 0.274 e. The second-order valence-electron chi connectivity index (χ2n) is 7.29. The van der Waals surface area contributed by atoms with E-state index in [1.807, 2.05) is 70.1 Å². The predicted octanol–water partition coefficient (Wildman–Crippen LogP) is 4.01. The zero-order valence-electron chi connectivity index (χ0n) is 16.3. The Morgan fingerprint density at radius 2 is 1.77 bits per heavy atom. The van der Waals surface area contributed by atoms with Crippen molar-refractivity contribution in [2.45, 2.75) is 0 Å². The van der Waals surface area contributed by atoms with Crippen molar-refractivity contribution in [1.29, 1.82) is 0 Å². The zero-order valence-corrected chi connectivity index (χ0v) is 17.0. The average molecular weight is 418 g/mol. The highest BCUT2D eigenvalue weighted by molar-refractivity contribution is 6.30. The zero-order chi connectivity index (χ0) is 20.5. The van der Waals surface area contributed by atoms with Crippen LogP contribution in [0, 0.1) is 0 Å². The highest BCUT2D eigenvalue weighted by Gasteiger charge is 2.24. The third kappa shape index (κ3) is 3.62. The van der Waals surface area contributed by atoms with Gasteiger partial charge in [0, 0.05) is 49.8 Å². The number of carbonyl (C=O) groups excluding carboxylic acids is 1. The minimum absolute atomic E-state index is 0.0383. The van der Waals surface area contributed by atoms with E-state index < -0.39 is 0 Å². The van der Waals surface area contributed by atoms with Crippen LogP contribution in [0.3, 0.4) is 0 Å². The minimum atomic E-state index is -0.0383. The van der Waals surface area contributed by atoms with E-state index >= 15 is 0 Å². The van der Waals surface area contributed by atoms with E-state index in [0.717, 1.165) is 35.7 Å². The summed E-state index contributed by atoms with van der Waals surface area (Å²) in [5.74, 6) is 0.912. The van der Waals surface area contributed by atoms with Crippen LogP contribution in [0.1, 0.15) is 10.5 Å². The Kier molecular flexibility index (Phi) is 4.85. The van der Waals surface area contributed by atoms with Crippen molar-refractivity contribution in [3.05, 3.63) is 83.9 Å². The molecule has 4 heterocycles.